The molecule has 152 valence electrons. The summed E-state index contributed by atoms with van der Waals surface area (Å²) in [5.74, 6) is -0.524. The van der Waals surface area contributed by atoms with Crippen molar-refractivity contribution in [2.75, 3.05) is 0 Å². The second-order valence-corrected chi connectivity index (χ2v) is 22.6. The van der Waals surface area contributed by atoms with E-state index >= 15 is 0 Å². The van der Waals surface area contributed by atoms with E-state index in [1.807, 2.05) is 0 Å². The van der Waals surface area contributed by atoms with Crippen LogP contribution in [0, 0.1) is 11.8 Å². The standard InChI is InChI=1S/C18H38O5Si3/c1-24(2,3)22-26(7,23-25(4,5)6)13-12-15-8-10-17(19)16(14-15)9-11-18(20)21/h9,11,15-17,19H,8,10,12-14H2,1-7H3,(H,20,21). The predicted octanol–water partition coefficient (Wildman–Crippen LogP) is 4.57. The smallest absolute Gasteiger partial charge is 0.327 e. The molecule has 1 saturated carbocycles. The monoisotopic (exact) mass is 418 g/mol. The molecule has 0 amide bonds. The minimum Gasteiger partial charge on any atom is -0.478 e. The second kappa shape index (κ2) is 9.29. The minimum absolute atomic E-state index is 0.0615. The lowest BCUT2D eigenvalue weighted by molar-refractivity contribution is -0.131. The summed E-state index contributed by atoms with van der Waals surface area (Å²) in [5, 5.41) is 19.0. The van der Waals surface area contributed by atoms with Crippen LogP contribution in [-0.2, 0) is 13.0 Å². The molecule has 2 N–H and O–H groups in total. The van der Waals surface area contributed by atoms with Crippen molar-refractivity contribution in [2.24, 2.45) is 11.8 Å². The molecule has 26 heavy (non-hydrogen) atoms. The first-order valence-corrected chi connectivity index (χ1v) is 19.0. The number of carboxylic acid groups (broad SMARTS) is 1. The first-order valence-electron chi connectivity index (χ1n) is 9.69. The molecule has 5 nitrogen and oxygen atoms in total. The van der Waals surface area contributed by atoms with Gasteiger partial charge >= 0.3 is 14.5 Å². The van der Waals surface area contributed by atoms with Gasteiger partial charge in [0.2, 0.25) is 0 Å². The first-order chi connectivity index (χ1) is 11.7. The van der Waals surface area contributed by atoms with Gasteiger partial charge in [-0.3, -0.25) is 0 Å². The zero-order valence-electron chi connectivity index (χ0n) is 17.5. The third kappa shape index (κ3) is 9.61. The summed E-state index contributed by atoms with van der Waals surface area (Å²) < 4.78 is 13.1. The Morgan fingerprint density at radius 1 is 1.04 bits per heavy atom. The number of aliphatic hydroxyl groups is 1. The van der Waals surface area contributed by atoms with Crippen LogP contribution in [0.25, 0.3) is 0 Å². The van der Waals surface area contributed by atoms with Gasteiger partial charge in [-0.15, -0.1) is 0 Å². The fourth-order valence-corrected chi connectivity index (χ4v) is 16.5. The van der Waals surface area contributed by atoms with Gasteiger partial charge in [-0.05, 0) is 83.5 Å². The van der Waals surface area contributed by atoms with Crippen LogP contribution >= 0.6 is 0 Å². The molecule has 1 rings (SSSR count). The van der Waals surface area contributed by atoms with Crippen molar-refractivity contribution in [3.63, 3.8) is 0 Å². The maximum absolute atomic E-state index is 10.8. The highest BCUT2D eigenvalue weighted by molar-refractivity contribution is 6.87. The number of aliphatic hydroxyl groups excluding tert-OH is 1. The molecule has 0 heterocycles. The number of aliphatic carboxylic acids is 1. The van der Waals surface area contributed by atoms with Gasteiger partial charge in [0.25, 0.3) is 0 Å². The SMILES string of the molecule is C[Si](C)(C)O[Si](C)(CCC1CCC(O)C(C=CC(=O)O)C1)O[Si](C)(C)C. The Kier molecular flexibility index (Phi) is 8.50. The molecule has 0 aromatic rings. The van der Waals surface area contributed by atoms with E-state index in [9.17, 15) is 9.90 Å². The van der Waals surface area contributed by atoms with Gasteiger partial charge in [0, 0.05) is 12.0 Å². The average molecular weight is 419 g/mol. The van der Waals surface area contributed by atoms with E-state index < -0.39 is 37.3 Å². The normalized spacial score (nSPS) is 25.6. The number of carboxylic acids is 1. The van der Waals surface area contributed by atoms with Crippen molar-refractivity contribution in [3.05, 3.63) is 12.2 Å². The Bertz CT molecular complexity index is 480. The summed E-state index contributed by atoms with van der Waals surface area (Å²) in [7, 11) is -5.60. The van der Waals surface area contributed by atoms with Crippen molar-refractivity contribution in [3.8, 4) is 0 Å². The molecular weight excluding hydrogens is 380 g/mol. The average Bonchev–Trinajstić information content (AvgIpc) is 2.40. The lowest BCUT2D eigenvalue weighted by Crippen LogP contribution is -2.52. The lowest BCUT2D eigenvalue weighted by atomic mass is 9.78. The summed E-state index contributed by atoms with van der Waals surface area (Å²) in [6, 6.07) is 0.970. The fraction of sp³-hybridized carbons (Fsp3) is 0.833. The third-order valence-corrected chi connectivity index (χ3v) is 14.1. The van der Waals surface area contributed by atoms with E-state index in [0.717, 1.165) is 37.8 Å². The van der Waals surface area contributed by atoms with Crippen molar-refractivity contribution in [2.45, 2.75) is 83.7 Å². The molecular formula is C18H38O5Si3. The Hall–Kier alpha value is -0.259. The maximum atomic E-state index is 10.8. The number of rotatable bonds is 9. The summed E-state index contributed by atoms with van der Waals surface area (Å²) in [6.07, 6.45) is 5.99. The molecule has 3 atom stereocenters. The Labute approximate surface area is 162 Å². The van der Waals surface area contributed by atoms with E-state index in [2.05, 4.69) is 45.8 Å². The van der Waals surface area contributed by atoms with Crippen molar-refractivity contribution < 1.29 is 23.2 Å². The lowest BCUT2D eigenvalue weighted by Gasteiger charge is -2.40. The molecule has 0 saturated heterocycles. The molecule has 0 aromatic carbocycles. The number of carbonyl (C=O) groups is 1. The van der Waals surface area contributed by atoms with Gasteiger partial charge < -0.3 is 18.4 Å². The Morgan fingerprint density at radius 3 is 2.04 bits per heavy atom. The van der Waals surface area contributed by atoms with E-state index in [1.54, 1.807) is 6.08 Å². The number of hydrogen-bond donors (Lipinski definition) is 2. The molecule has 0 bridgehead atoms. The fourth-order valence-electron chi connectivity index (χ4n) is 3.84. The second-order valence-electron chi connectivity index (χ2n) is 9.71. The van der Waals surface area contributed by atoms with Gasteiger partial charge in [0.05, 0.1) is 6.10 Å². The molecule has 1 fully saturated rings. The molecule has 0 radical (unpaired) electrons. The summed E-state index contributed by atoms with van der Waals surface area (Å²) >= 11 is 0. The minimum atomic E-state index is -2.23. The summed E-state index contributed by atoms with van der Waals surface area (Å²) in [4.78, 5) is 10.8. The van der Waals surface area contributed by atoms with Crippen LogP contribution in [0.5, 0.6) is 0 Å². The zero-order valence-corrected chi connectivity index (χ0v) is 20.5. The quantitative estimate of drug-likeness (QED) is 0.424. The van der Waals surface area contributed by atoms with Gasteiger partial charge in [-0.1, -0.05) is 6.08 Å². The highest BCUT2D eigenvalue weighted by Crippen LogP contribution is 2.36. The van der Waals surface area contributed by atoms with Crippen LogP contribution < -0.4 is 0 Å². The molecule has 1 aliphatic carbocycles. The molecule has 8 heteroatoms. The van der Waals surface area contributed by atoms with Crippen molar-refractivity contribution in [1.29, 1.82) is 0 Å². The van der Waals surface area contributed by atoms with Gasteiger partial charge in [0.15, 0.2) is 16.6 Å². The summed E-state index contributed by atoms with van der Waals surface area (Å²) in [6.45, 7) is 15.5. The van der Waals surface area contributed by atoms with Crippen LogP contribution in [0.15, 0.2) is 12.2 Å². The molecule has 0 aliphatic heterocycles. The van der Waals surface area contributed by atoms with Gasteiger partial charge in [0.1, 0.15) is 0 Å². The first kappa shape index (κ1) is 23.8. The van der Waals surface area contributed by atoms with Crippen LogP contribution in [-0.4, -0.2) is 47.5 Å². The van der Waals surface area contributed by atoms with Crippen molar-refractivity contribution >= 4 is 31.2 Å². The Balaban J connectivity index is 2.73. The van der Waals surface area contributed by atoms with Crippen molar-refractivity contribution in [1.82, 2.24) is 0 Å². The number of hydrogen-bond acceptors (Lipinski definition) is 4. The predicted molar refractivity (Wildman–Crippen MR) is 114 cm³/mol. The van der Waals surface area contributed by atoms with E-state index in [4.69, 9.17) is 13.3 Å². The summed E-state index contributed by atoms with van der Waals surface area (Å²) in [5.41, 5.74) is 0. The Morgan fingerprint density at radius 2 is 1.58 bits per heavy atom. The van der Waals surface area contributed by atoms with Crippen LogP contribution in [0.1, 0.15) is 25.7 Å². The molecule has 0 spiro atoms. The largest absolute Gasteiger partial charge is 0.478 e. The van der Waals surface area contributed by atoms with E-state index in [1.165, 1.54) is 0 Å². The van der Waals surface area contributed by atoms with E-state index in [-0.39, 0.29) is 5.92 Å². The molecule has 1 aliphatic rings. The topological polar surface area (TPSA) is 76.0 Å². The molecule has 3 unspecified atom stereocenters. The van der Waals surface area contributed by atoms with Crippen LogP contribution in [0.4, 0.5) is 0 Å². The highest BCUT2D eigenvalue weighted by Gasteiger charge is 2.41. The van der Waals surface area contributed by atoms with Crippen LogP contribution in [0.2, 0.25) is 51.9 Å². The zero-order chi connectivity index (χ0) is 20.2. The maximum Gasteiger partial charge on any atom is 0.327 e. The van der Waals surface area contributed by atoms with Gasteiger partial charge in [-0.25, -0.2) is 4.79 Å². The highest BCUT2D eigenvalue weighted by atomic mass is 28.5. The van der Waals surface area contributed by atoms with Gasteiger partial charge in [-0.2, -0.15) is 0 Å². The third-order valence-electron chi connectivity index (χ3n) is 4.51. The van der Waals surface area contributed by atoms with Crippen LogP contribution in [0.3, 0.4) is 0 Å². The molecule has 0 aromatic heterocycles. The van der Waals surface area contributed by atoms with E-state index in [0.29, 0.717) is 5.92 Å².